The van der Waals surface area contributed by atoms with E-state index in [1.165, 1.54) is 5.56 Å². The summed E-state index contributed by atoms with van der Waals surface area (Å²) in [6, 6.07) is 13.1. The van der Waals surface area contributed by atoms with Gasteiger partial charge in [-0.15, -0.1) is 0 Å². The van der Waals surface area contributed by atoms with Crippen molar-refractivity contribution in [2.24, 2.45) is 5.92 Å². The topological polar surface area (TPSA) is 96.9 Å². The summed E-state index contributed by atoms with van der Waals surface area (Å²) < 4.78 is 13.7. The molecule has 4 aromatic rings. The molecular formula is C31H36BrN5O4. The number of aliphatic carboxylic acids is 1. The van der Waals surface area contributed by atoms with Crippen LogP contribution in [0, 0.1) is 26.7 Å². The summed E-state index contributed by atoms with van der Waals surface area (Å²) in [5.41, 5.74) is 7.53. The van der Waals surface area contributed by atoms with E-state index in [0.29, 0.717) is 12.5 Å². The van der Waals surface area contributed by atoms with Crippen LogP contribution in [0.3, 0.4) is 0 Å². The second kappa shape index (κ2) is 13.0. The third kappa shape index (κ3) is 6.89. The smallest absolute Gasteiger partial charge is 0.329 e. The van der Waals surface area contributed by atoms with Gasteiger partial charge in [-0.1, -0.05) is 17.3 Å². The number of hydrogen-bond donors (Lipinski definition) is 1. The Morgan fingerprint density at radius 1 is 1.17 bits per heavy atom. The third-order valence-corrected chi connectivity index (χ3v) is 8.41. The Bertz CT molecular complexity index is 1460. The van der Waals surface area contributed by atoms with E-state index >= 15 is 0 Å². The lowest BCUT2D eigenvalue weighted by molar-refractivity contribution is -0.142. The van der Waals surface area contributed by atoms with Crippen LogP contribution in [0.1, 0.15) is 29.9 Å². The minimum absolute atomic E-state index is 0.243. The van der Waals surface area contributed by atoms with Crippen molar-refractivity contribution >= 4 is 33.3 Å². The van der Waals surface area contributed by atoms with Crippen LogP contribution in [-0.4, -0.2) is 70.1 Å². The summed E-state index contributed by atoms with van der Waals surface area (Å²) >= 11 is 3.81. The van der Waals surface area contributed by atoms with E-state index in [9.17, 15) is 4.79 Å². The van der Waals surface area contributed by atoms with Crippen molar-refractivity contribution < 1.29 is 19.2 Å². The summed E-state index contributed by atoms with van der Waals surface area (Å²) in [6.45, 7) is 9.87. The van der Waals surface area contributed by atoms with E-state index in [-0.39, 0.29) is 6.61 Å². The molecule has 1 aliphatic heterocycles. The standard InChI is InChI=1S/C31H36BrN5O4/c1-21-4-5-25(31-22(2)34-41-23(31)3)16-29(21)37(26-6-7-28(27(32)17-26)36-13-10-33-20-36)18-24-8-11-35(12-9-24)14-15-40-19-30(38)39/h4-7,10,13,16-17,20,24H,8-9,11-12,14-15,18-19H2,1-3H3,(H,38,39). The Kier molecular flexibility index (Phi) is 9.22. The normalized spacial score (nSPS) is 14.4. The van der Waals surface area contributed by atoms with E-state index in [4.69, 9.17) is 14.4 Å². The molecule has 1 N–H and O–H groups in total. The van der Waals surface area contributed by atoms with Crippen LogP contribution in [-0.2, 0) is 9.53 Å². The molecule has 0 radical (unpaired) electrons. The largest absolute Gasteiger partial charge is 0.480 e. The van der Waals surface area contributed by atoms with Gasteiger partial charge < -0.3 is 28.7 Å². The molecule has 0 aliphatic carbocycles. The molecule has 1 aliphatic rings. The molecule has 1 saturated heterocycles. The first kappa shape index (κ1) is 29.0. The maximum atomic E-state index is 10.7. The molecule has 1 fully saturated rings. The zero-order valence-electron chi connectivity index (χ0n) is 23.7. The quantitative estimate of drug-likeness (QED) is 0.199. The number of benzene rings is 2. The number of piperidine rings is 1. The summed E-state index contributed by atoms with van der Waals surface area (Å²) in [4.78, 5) is 19.7. The summed E-state index contributed by atoms with van der Waals surface area (Å²) in [6.07, 6.45) is 7.64. The lowest BCUT2D eigenvalue weighted by atomic mass is 9.94. The Hall–Kier alpha value is -3.47. The van der Waals surface area contributed by atoms with Crippen molar-refractivity contribution in [2.45, 2.75) is 33.6 Å². The zero-order chi connectivity index (χ0) is 28.9. The highest BCUT2D eigenvalue weighted by molar-refractivity contribution is 9.10. The number of carboxylic acids is 1. The number of anilines is 2. The molecule has 2 aromatic heterocycles. The van der Waals surface area contributed by atoms with Gasteiger partial charge in [0, 0.05) is 46.9 Å². The first-order valence-electron chi connectivity index (χ1n) is 13.9. The van der Waals surface area contributed by atoms with Gasteiger partial charge in [0.1, 0.15) is 12.4 Å². The molecule has 0 saturated carbocycles. The number of likely N-dealkylation sites (tertiary alicyclic amines) is 1. The van der Waals surface area contributed by atoms with Gasteiger partial charge in [-0.25, -0.2) is 9.78 Å². The molecule has 0 spiro atoms. The molecule has 10 heteroatoms. The SMILES string of the molecule is Cc1ccc(-c2c(C)noc2C)cc1N(CC1CCN(CCOCC(=O)O)CC1)c1ccc(-n2ccnc2)c(Br)c1. The fraction of sp³-hybridized carbons (Fsp3) is 0.387. The highest BCUT2D eigenvalue weighted by Crippen LogP contribution is 2.38. The second-order valence-corrected chi connectivity index (χ2v) is 11.5. The van der Waals surface area contributed by atoms with Gasteiger partial charge in [0.25, 0.3) is 0 Å². The third-order valence-electron chi connectivity index (χ3n) is 7.77. The van der Waals surface area contributed by atoms with Crippen LogP contribution >= 0.6 is 15.9 Å². The summed E-state index contributed by atoms with van der Waals surface area (Å²) in [7, 11) is 0. The molecule has 5 rings (SSSR count). The number of carboxylic acid groups (broad SMARTS) is 1. The molecule has 9 nitrogen and oxygen atoms in total. The van der Waals surface area contributed by atoms with E-state index in [2.05, 4.69) is 79.2 Å². The van der Waals surface area contributed by atoms with Gasteiger partial charge in [0.2, 0.25) is 0 Å². The number of nitrogens with zero attached hydrogens (tertiary/aromatic N) is 5. The first-order chi connectivity index (χ1) is 19.8. The van der Waals surface area contributed by atoms with Crippen LogP contribution in [0.5, 0.6) is 0 Å². The highest BCUT2D eigenvalue weighted by atomic mass is 79.9. The number of halogens is 1. The van der Waals surface area contributed by atoms with Crippen LogP contribution in [0.2, 0.25) is 0 Å². The van der Waals surface area contributed by atoms with Crippen LogP contribution in [0.15, 0.2) is 64.1 Å². The Morgan fingerprint density at radius 3 is 2.63 bits per heavy atom. The van der Waals surface area contributed by atoms with Crippen molar-refractivity contribution in [2.75, 3.05) is 44.3 Å². The molecular weight excluding hydrogens is 586 g/mol. The van der Waals surface area contributed by atoms with Crippen molar-refractivity contribution in [3.8, 4) is 16.8 Å². The minimum Gasteiger partial charge on any atom is -0.480 e. The van der Waals surface area contributed by atoms with Crippen molar-refractivity contribution in [3.05, 3.63) is 76.6 Å². The fourth-order valence-corrected chi connectivity index (χ4v) is 6.14. The Balaban J connectivity index is 1.41. The average Bonchev–Trinajstić information content (AvgIpc) is 3.61. The molecule has 216 valence electrons. The molecule has 0 atom stereocenters. The van der Waals surface area contributed by atoms with Crippen molar-refractivity contribution in [1.29, 1.82) is 0 Å². The summed E-state index contributed by atoms with van der Waals surface area (Å²) in [5.74, 6) is 0.388. The van der Waals surface area contributed by atoms with Crippen molar-refractivity contribution in [3.63, 3.8) is 0 Å². The number of rotatable bonds is 11. The highest BCUT2D eigenvalue weighted by Gasteiger charge is 2.24. The Morgan fingerprint density at radius 2 is 1.98 bits per heavy atom. The van der Waals surface area contributed by atoms with Gasteiger partial charge in [-0.3, -0.25) is 0 Å². The van der Waals surface area contributed by atoms with Gasteiger partial charge in [-0.2, -0.15) is 0 Å². The van der Waals surface area contributed by atoms with Gasteiger partial charge in [0.05, 0.1) is 24.3 Å². The van der Waals surface area contributed by atoms with E-state index < -0.39 is 5.97 Å². The van der Waals surface area contributed by atoms with Crippen LogP contribution < -0.4 is 4.90 Å². The van der Waals surface area contributed by atoms with E-state index in [1.54, 1.807) is 12.5 Å². The molecule has 0 bridgehead atoms. The number of carbonyl (C=O) groups is 1. The molecule has 0 amide bonds. The molecule has 3 heterocycles. The summed E-state index contributed by atoms with van der Waals surface area (Å²) in [5, 5.41) is 13.0. The van der Waals surface area contributed by atoms with Crippen molar-refractivity contribution in [1.82, 2.24) is 19.6 Å². The minimum atomic E-state index is -0.929. The predicted octanol–water partition coefficient (Wildman–Crippen LogP) is 6.17. The van der Waals surface area contributed by atoms with Gasteiger partial charge >= 0.3 is 5.97 Å². The lowest BCUT2D eigenvalue weighted by Crippen LogP contribution is -2.39. The number of ether oxygens (including phenoxy) is 1. The zero-order valence-corrected chi connectivity index (χ0v) is 25.3. The van der Waals surface area contributed by atoms with E-state index in [1.807, 2.05) is 24.6 Å². The molecule has 0 unspecified atom stereocenters. The maximum Gasteiger partial charge on any atom is 0.329 e. The second-order valence-electron chi connectivity index (χ2n) is 10.6. The van der Waals surface area contributed by atoms with Gasteiger partial charge in [-0.05, 0) is 104 Å². The van der Waals surface area contributed by atoms with Crippen LogP contribution in [0.4, 0.5) is 11.4 Å². The van der Waals surface area contributed by atoms with Crippen LogP contribution in [0.25, 0.3) is 16.8 Å². The predicted molar refractivity (Wildman–Crippen MR) is 162 cm³/mol. The first-order valence-corrected chi connectivity index (χ1v) is 14.7. The van der Waals surface area contributed by atoms with Gasteiger partial charge in [0.15, 0.2) is 0 Å². The number of aromatic nitrogens is 3. The number of aryl methyl sites for hydroxylation is 3. The fourth-order valence-electron chi connectivity index (χ4n) is 5.57. The number of hydrogen-bond acceptors (Lipinski definition) is 7. The lowest BCUT2D eigenvalue weighted by Gasteiger charge is -2.36. The molecule has 41 heavy (non-hydrogen) atoms. The monoisotopic (exact) mass is 621 g/mol. The molecule has 2 aromatic carbocycles. The maximum absolute atomic E-state index is 10.7. The number of imidazole rings is 1. The Labute approximate surface area is 248 Å². The van der Waals surface area contributed by atoms with E-state index in [0.717, 1.165) is 83.1 Å². The average molecular weight is 623 g/mol.